The summed E-state index contributed by atoms with van der Waals surface area (Å²) < 4.78 is 63.0. The van der Waals surface area contributed by atoms with E-state index in [2.05, 4.69) is 8.75 Å². The molecule has 0 saturated carbocycles. The summed E-state index contributed by atoms with van der Waals surface area (Å²) in [5.41, 5.74) is 0.173. The van der Waals surface area contributed by atoms with Gasteiger partial charge in [-0.3, -0.25) is 4.79 Å². The lowest BCUT2D eigenvalue weighted by Gasteiger charge is -2.34. The van der Waals surface area contributed by atoms with Gasteiger partial charge < -0.3 is 4.90 Å². The number of hydrogen-bond donors (Lipinski definition) is 0. The number of fused-ring (bicyclic) bond motifs is 1. The van der Waals surface area contributed by atoms with Gasteiger partial charge in [0.2, 0.25) is 10.0 Å². The number of piperazine rings is 1. The molecule has 0 spiro atoms. The van der Waals surface area contributed by atoms with Gasteiger partial charge in [-0.15, -0.1) is 0 Å². The van der Waals surface area contributed by atoms with Crippen LogP contribution < -0.4 is 0 Å². The Hall–Kier alpha value is -2.50. The van der Waals surface area contributed by atoms with Crippen LogP contribution in [-0.4, -0.2) is 58.5 Å². The Labute approximate surface area is 163 Å². The molecule has 0 atom stereocenters. The maximum absolute atomic E-state index is 13.9. The number of sulfonamides is 1. The monoisotopic (exact) mass is 424 g/mol. The molecule has 2 aromatic carbocycles. The lowest BCUT2D eigenvalue weighted by atomic mass is 10.1. The zero-order valence-corrected chi connectivity index (χ0v) is 16.0. The van der Waals surface area contributed by atoms with E-state index in [0.29, 0.717) is 11.0 Å². The van der Waals surface area contributed by atoms with E-state index in [9.17, 15) is 22.0 Å². The molecule has 3 aromatic rings. The molecule has 146 valence electrons. The molecule has 0 radical (unpaired) electrons. The number of rotatable bonds is 3. The predicted molar refractivity (Wildman–Crippen MR) is 98.4 cm³/mol. The molecule has 11 heteroatoms. The van der Waals surface area contributed by atoms with Crippen molar-refractivity contribution in [2.45, 2.75) is 4.90 Å². The van der Waals surface area contributed by atoms with E-state index in [1.807, 2.05) is 0 Å². The maximum atomic E-state index is 13.9. The van der Waals surface area contributed by atoms with Gasteiger partial charge in [0.15, 0.2) is 0 Å². The first-order valence-electron chi connectivity index (χ1n) is 8.34. The number of carbonyl (C=O) groups excluding carboxylic acids is 1. The average Bonchev–Trinajstić information content (AvgIpc) is 3.16. The first-order valence-corrected chi connectivity index (χ1v) is 10.5. The smallest absolute Gasteiger partial charge is 0.259 e. The van der Waals surface area contributed by atoms with Gasteiger partial charge in [-0.2, -0.15) is 13.1 Å². The zero-order valence-electron chi connectivity index (χ0n) is 14.4. The van der Waals surface area contributed by atoms with Gasteiger partial charge in [0.25, 0.3) is 5.91 Å². The van der Waals surface area contributed by atoms with E-state index in [-0.39, 0.29) is 31.1 Å². The summed E-state index contributed by atoms with van der Waals surface area (Å²) in [4.78, 5) is 13.8. The molecule has 0 unspecified atom stereocenters. The van der Waals surface area contributed by atoms with Crippen molar-refractivity contribution in [2.24, 2.45) is 0 Å². The van der Waals surface area contributed by atoms with E-state index in [0.717, 1.165) is 23.9 Å². The van der Waals surface area contributed by atoms with Gasteiger partial charge in [-0.25, -0.2) is 17.2 Å². The number of halogens is 2. The predicted octanol–water partition coefficient (Wildman–Crippen LogP) is 2.12. The standard InChI is InChI=1S/C17H14F2N4O3S2/c18-11-3-1-4-12(19)15(11)17(24)22-7-9-23(10-8-22)28(25,26)14-6-2-5-13-16(14)21-27-20-13/h1-6H,7-10H2. The summed E-state index contributed by atoms with van der Waals surface area (Å²) >= 11 is 0.928. The number of carbonyl (C=O) groups is 1. The Balaban J connectivity index is 1.54. The number of benzene rings is 2. The average molecular weight is 424 g/mol. The van der Waals surface area contributed by atoms with Crippen LogP contribution in [0.4, 0.5) is 8.78 Å². The second-order valence-corrected chi connectivity index (χ2v) is 8.62. The van der Waals surface area contributed by atoms with Crippen molar-refractivity contribution in [3.05, 3.63) is 53.6 Å². The fraction of sp³-hybridized carbons (Fsp3) is 0.235. The van der Waals surface area contributed by atoms with E-state index in [1.54, 1.807) is 12.1 Å². The van der Waals surface area contributed by atoms with Crippen molar-refractivity contribution in [3.63, 3.8) is 0 Å². The second-order valence-electron chi connectivity index (χ2n) is 6.18. The SMILES string of the molecule is O=C(c1c(F)cccc1F)N1CCN(S(=O)(=O)c2cccc3nsnc23)CC1. The minimum atomic E-state index is -3.84. The molecule has 1 aliphatic rings. The van der Waals surface area contributed by atoms with Crippen LogP contribution >= 0.6 is 11.7 Å². The molecule has 4 rings (SSSR count). The van der Waals surface area contributed by atoms with Crippen molar-refractivity contribution < 1.29 is 22.0 Å². The molecule has 1 amide bonds. The van der Waals surface area contributed by atoms with Gasteiger partial charge in [0.05, 0.1) is 11.7 Å². The molecule has 2 heterocycles. The summed E-state index contributed by atoms with van der Waals surface area (Å²) in [5.74, 6) is -2.68. The third kappa shape index (κ3) is 3.15. The minimum absolute atomic E-state index is 0.0120. The molecule has 1 aliphatic heterocycles. The fourth-order valence-electron chi connectivity index (χ4n) is 3.12. The number of hydrogen-bond acceptors (Lipinski definition) is 6. The van der Waals surface area contributed by atoms with E-state index >= 15 is 0 Å². The summed E-state index contributed by atoms with van der Waals surface area (Å²) in [6.45, 7) is 0.0739. The van der Waals surface area contributed by atoms with Crippen LogP contribution in [0, 0.1) is 11.6 Å². The van der Waals surface area contributed by atoms with Gasteiger partial charge >= 0.3 is 0 Å². The van der Waals surface area contributed by atoms with Gasteiger partial charge in [0.1, 0.15) is 33.1 Å². The maximum Gasteiger partial charge on any atom is 0.259 e. The van der Waals surface area contributed by atoms with Crippen molar-refractivity contribution in [3.8, 4) is 0 Å². The zero-order chi connectivity index (χ0) is 19.9. The highest BCUT2D eigenvalue weighted by atomic mass is 32.2. The molecule has 1 saturated heterocycles. The highest BCUT2D eigenvalue weighted by Crippen LogP contribution is 2.25. The van der Waals surface area contributed by atoms with E-state index in [4.69, 9.17) is 0 Å². The molecule has 1 aromatic heterocycles. The van der Waals surface area contributed by atoms with Crippen molar-refractivity contribution in [2.75, 3.05) is 26.2 Å². The highest BCUT2D eigenvalue weighted by molar-refractivity contribution is 7.89. The van der Waals surface area contributed by atoms with Crippen LogP contribution in [0.15, 0.2) is 41.3 Å². The second kappa shape index (κ2) is 7.15. The molecule has 7 nitrogen and oxygen atoms in total. The fourth-order valence-corrected chi connectivity index (χ4v) is 5.30. The lowest BCUT2D eigenvalue weighted by molar-refractivity contribution is 0.0688. The molecule has 0 aliphatic carbocycles. The van der Waals surface area contributed by atoms with Crippen LogP contribution in [0.25, 0.3) is 11.0 Å². The lowest BCUT2D eigenvalue weighted by Crippen LogP contribution is -2.50. The van der Waals surface area contributed by atoms with E-state index in [1.165, 1.54) is 21.3 Å². The molecule has 28 heavy (non-hydrogen) atoms. The highest BCUT2D eigenvalue weighted by Gasteiger charge is 2.33. The number of aromatic nitrogens is 2. The van der Waals surface area contributed by atoms with Crippen molar-refractivity contribution >= 4 is 38.7 Å². The van der Waals surface area contributed by atoms with E-state index < -0.39 is 33.1 Å². The first-order chi connectivity index (χ1) is 13.4. The number of amides is 1. The Morgan fingerprint density at radius 1 is 0.964 bits per heavy atom. The summed E-state index contributed by atoms with van der Waals surface area (Å²) in [7, 11) is -3.84. The Morgan fingerprint density at radius 3 is 2.29 bits per heavy atom. The van der Waals surface area contributed by atoms with Crippen LogP contribution in [0.5, 0.6) is 0 Å². The minimum Gasteiger partial charge on any atom is -0.336 e. The van der Waals surface area contributed by atoms with Crippen LogP contribution in [-0.2, 0) is 10.0 Å². The van der Waals surface area contributed by atoms with Gasteiger partial charge in [0, 0.05) is 26.2 Å². The normalized spacial score (nSPS) is 15.9. The molecule has 0 bridgehead atoms. The molecular weight excluding hydrogens is 410 g/mol. The van der Waals surface area contributed by atoms with Crippen LogP contribution in [0.2, 0.25) is 0 Å². The Kier molecular flexibility index (Phi) is 4.81. The Morgan fingerprint density at radius 2 is 1.61 bits per heavy atom. The topological polar surface area (TPSA) is 83.5 Å². The molecule has 0 N–H and O–H groups in total. The third-order valence-corrected chi connectivity index (χ3v) is 7.04. The third-order valence-electron chi connectivity index (χ3n) is 4.57. The Bertz CT molecular complexity index is 1140. The van der Waals surface area contributed by atoms with Gasteiger partial charge in [-0.05, 0) is 24.3 Å². The van der Waals surface area contributed by atoms with Crippen molar-refractivity contribution in [1.29, 1.82) is 0 Å². The first kappa shape index (κ1) is 18.8. The molecule has 1 fully saturated rings. The van der Waals surface area contributed by atoms with Crippen molar-refractivity contribution in [1.82, 2.24) is 18.0 Å². The summed E-state index contributed by atoms with van der Waals surface area (Å²) in [6, 6.07) is 7.94. The summed E-state index contributed by atoms with van der Waals surface area (Å²) in [6.07, 6.45) is 0. The van der Waals surface area contributed by atoms with Crippen LogP contribution in [0.3, 0.4) is 0 Å². The quantitative estimate of drug-likeness (QED) is 0.643. The number of nitrogens with zero attached hydrogens (tertiary/aromatic N) is 4. The largest absolute Gasteiger partial charge is 0.336 e. The van der Waals surface area contributed by atoms with Crippen LogP contribution in [0.1, 0.15) is 10.4 Å². The van der Waals surface area contributed by atoms with Gasteiger partial charge in [-0.1, -0.05) is 12.1 Å². The summed E-state index contributed by atoms with van der Waals surface area (Å²) in [5, 5.41) is 0. The molecular formula is C17H14F2N4O3S2.